The number of aromatic hydroxyl groups is 1. The van der Waals surface area contributed by atoms with Crippen LogP contribution in [0, 0.1) is 11.3 Å². The van der Waals surface area contributed by atoms with Crippen molar-refractivity contribution in [1.82, 2.24) is 20.5 Å². The molecule has 1 atom stereocenters. The minimum Gasteiger partial charge on any atom is -0.507 e. The van der Waals surface area contributed by atoms with Crippen molar-refractivity contribution in [2.45, 2.75) is 18.9 Å². The molecule has 2 aromatic heterocycles. The lowest BCUT2D eigenvalue weighted by Crippen LogP contribution is -2.38. The largest absolute Gasteiger partial charge is 0.507 e. The highest BCUT2D eigenvalue weighted by molar-refractivity contribution is 6.00. The summed E-state index contributed by atoms with van der Waals surface area (Å²) in [7, 11) is 0. The molecule has 1 unspecified atom stereocenters. The number of hydrogen-bond acceptors (Lipinski definition) is 7. The molecule has 1 saturated heterocycles. The summed E-state index contributed by atoms with van der Waals surface area (Å²) >= 11 is 0. The number of aromatic nitrogens is 3. The molecular weight excluding hydrogens is 328 g/mol. The second-order valence-corrected chi connectivity index (χ2v) is 6.35. The molecule has 0 saturated carbocycles. The minimum absolute atomic E-state index is 0.00801. The van der Waals surface area contributed by atoms with E-state index in [0.29, 0.717) is 28.7 Å². The predicted molar refractivity (Wildman–Crippen MR) is 98.7 cm³/mol. The van der Waals surface area contributed by atoms with Crippen LogP contribution in [0.5, 0.6) is 5.75 Å². The lowest BCUT2D eigenvalue weighted by Gasteiger charge is -2.24. The van der Waals surface area contributed by atoms with Gasteiger partial charge in [0.25, 0.3) is 0 Å². The Morgan fingerprint density at radius 2 is 2.15 bits per heavy atom. The zero-order chi connectivity index (χ0) is 17.9. The number of rotatable bonds is 3. The maximum Gasteiger partial charge on any atom is 0.158 e. The third-order valence-corrected chi connectivity index (χ3v) is 4.60. The minimum atomic E-state index is 0.00801. The Morgan fingerprint density at radius 1 is 1.23 bits per heavy atom. The van der Waals surface area contributed by atoms with Crippen molar-refractivity contribution in [2.24, 2.45) is 0 Å². The van der Waals surface area contributed by atoms with Crippen LogP contribution in [0.15, 0.2) is 36.7 Å². The second-order valence-electron chi connectivity index (χ2n) is 6.35. The van der Waals surface area contributed by atoms with Gasteiger partial charge in [0.2, 0.25) is 0 Å². The van der Waals surface area contributed by atoms with E-state index < -0.39 is 0 Å². The molecule has 0 spiro atoms. The molecule has 0 aliphatic carbocycles. The van der Waals surface area contributed by atoms with Crippen molar-refractivity contribution in [2.75, 3.05) is 18.4 Å². The van der Waals surface area contributed by atoms with Gasteiger partial charge in [-0.1, -0.05) is 0 Å². The Balaban J connectivity index is 1.78. The third-order valence-electron chi connectivity index (χ3n) is 4.60. The smallest absolute Gasteiger partial charge is 0.158 e. The monoisotopic (exact) mass is 346 g/mol. The van der Waals surface area contributed by atoms with Crippen LogP contribution in [0.3, 0.4) is 0 Å². The quantitative estimate of drug-likeness (QED) is 0.668. The highest BCUT2D eigenvalue weighted by atomic mass is 16.3. The van der Waals surface area contributed by atoms with E-state index in [1.165, 1.54) is 6.07 Å². The van der Waals surface area contributed by atoms with Gasteiger partial charge in [-0.25, -0.2) is 0 Å². The van der Waals surface area contributed by atoms with Crippen LogP contribution in [0.2, 0.25) is 0 Å². The normalized spacial score (nSPS) is 17.0. The lowest BCUT2D eigenvalue weighted by atomic mass is 10.0. The molecule has 4 rings (SSSR count). The van der Waals surface area contributed by atoms with Gasteiger partial charge in [-0.15, -0.1) is 10.2 Å². The molecule has 0 amide bonds. The average molecular weight is 346 g/mol. The summed E-state index contributed by atoms with van der Waals surface area (Å²) in [6.07, 6.45) is 5.65. The Kier molecular flexibility index (Phi) is 4.33. The van der Waals surface area contributed by atoms with Gasteiger partial charge in [0.1, 0.15) is 11.4 Å². The maximum absolute atomic E-state index is 10.3. The SMILES string of the molecule is N#Cc1ccc(-c2nnc(NC3CCCNC3)c3cnccc23)c(O)c1. The summed E-state index contributed by atoms with van der Waals surface area (Å²) in [6.45, 7) is 1.94. The first-order valence-corrected chi connectivity index (χ1v) is 8.57. The Morgan fingerprint density at radius 3 is 2.92 bits per heavy atom. The van der Waals surface area contributed by atoms with E-state index in [1.807, 2.05) is 12.1 Å². The molecule has 3 heterocycles. The molecule has 1 fully saturated rings. The Hall–Kier alpha value is -3.24. The van der Waals surface area contributed by atoms with Gasteiger partial charge in [-0.3, -0.25) is 4.98 Å². The van der Waals surface area contributed by atoms with Gasteiger partial charge in [-0.05, 0) is 43.7 Å². The van der Waals surface area contributed by atoms with E-state index in [4.69, 9.17) is 5.26 Å². The first-order valence-electron chi connectivity index (χ1n) is 8.57. The van der Waals surface area contributed by atoms with E-state index in [9.17, 15) is 5.11 Å². The van der Waals surface area contributed by atoms with Crippen LogP contribution < -0.4 is 10.6 Å². The molecule has 7 nitrogen and oxygen atoms in total. The number of anilines is 1. The van der Waals surface area contributed by atoms with Crippen molar-refractivity contribution in [1.29, 1.82) is 5.26 Å². The summed E-state index contributed by atoms with van der Waals surface area (Å²) < 4.78 is 0. The van der Waals surface area contributed by atoms with E-state index in [0.717, 1.165) is 36.7 Å². The van der Waals surface area contributed by atoms with E-state index in [1.54, 1.807) is 24.5 Å². The molecule has 1 aromatic carbocycles. The lowest BCUT2D eigenvalue weighted by molar-refractivity contribution is 0.476. The van der Waals surface area contributed by atoms with Crippen LogP contribution in [0.1, 0.15) is 18.4 Å². The topological polar surface area (TPSA) is 107 Å². The van der Waals surface area contributed by atoms with Crippen LogP contribution in [-0.2, 0) is 0 Å². The van der Waals surface area contributed by atoms with Crippen molar-refractivity contribution < 1.29 is 5.11 Å². The number of phenols is 1. The zero-order valence-electron chi connectivity index (χ0n) is 14.1. The Labute approximate surface area is 150 Å². The van der Waals surface area contributed by atoms with Crippen molar-refractivity contribution in [3.63, 3.8) is 0 Å². The van der Waals surface area contributed by atoms with Gasteiger partial charge in [-0.2, -0.15) is 5.26 Å². The van der Waals surface area contributed by atoms with Crippen molar-refractivity contribution >= 4 is 16.6 Å². The average Bonchev–Trinajstić information content (AvgIpc) is 2.69. The van der Waals surface area contributed by atoms with E-state index >= 15 is 0 Å². The molecule has 0 bridgehead atoms. The molecule has 1 aliphatic heterocycles. The van der Waals surface area contributed by atoms with E-state index in [2.05, 4.69) is 25.8 Å². The number of phenolic OH excluding ortho intramolecular Hbond substituents is 1. The standard InChI is InChI=1S/C19H18N6O/c20-9-12-3-4-15(17(26)8-12)18-14-5-7-22-11-16(14)19(25-24-18)23-13-2-1-6-21-10-13/h3-5,7-8,11,13,21,26H,1-2,6,10H2,(H,23,25). The highest BCUT2D eigenvalue weighted by Gasteiger charge is 2.18. The summed E-state index contributed by atoms with van der Waals surface area (Å²) in [5.74, 6) is 0.701. The number of pyridine rings is 1. The number of nitriles is 1. The molecule has 7 heteroatoms. The molecule has 1 aliphatic rings. The van der Waals surface area contributed by atoms with Gasteiger partial charge >= 0.3 is 0 Å². The van der Waals surface area contributed by atoms with Gasteiger partial charge in [0.05, 0.1) is 11.6 Å². The maximum atomic E-state index is 10.3. The van der Waals surface area contributed by atoms with Crippen LogP contribution in [0.25, 0.3) is 22.0 Å². The molecule has 3 aromatic rings. The summed E-state index contributed by atoms with van der Waals surface area (Å²) in [4.78, 5) is 4.22. The molecule has 0 radical (unpaired) electrons. The van der Waals surface area contributed by atoms with Crippen LogP contribution in [-0.4, -0.2) is 39.4 Å². The molecular formula is C19H18N6O. The van der Waals surface area contributed by atoms with E-state index in [-0.39, 0.29) is 5.75 Å². The third kappa shape index (κ3) is 3.03. The molecule has 26 heavy (non-hydrogen) atoms. The number of benzene rings is 1. The van der Waals surface area contributed by atoms with Crippen LogP contribution in [0.4, 0.5) is 5.82 Å². The van der Waals surface area contributed by atoms with Crippen LogP contribution >= 0.6 is 0 Å². The highest BCUT2D eigenvalue weighted by Crippen LogP contribution is 2.34. The second kappa shape index (κ2) is 6.94. The summed E-state index contributed by atoms with van der Waals surface area (Å²) in [5, 5.41) is 36.5. The first kappa shape index (κ1) is 16.2. The summed E-state index contributed by atoms with van der Waals surface area (Å²) in [6, 6.07) is 8.96. The number of nitrogens with zero attached hydrogens (tertiary/aromatic N) is 4. The zero-order valence-corrected chi connectivity index (χ0v) is 14.1. The number of nitrogens with one attached hydrogen (secondary N) is 2. The predicted octanol–water partition coefficient (Wildman–Crippen LogP) is 2.43. The van der Waals surface area contributed by atoms with Crippen molar-refractivity contribution in [3.8, 4) is 23.1 Å². The van der Waals surface area contributed by atoms with Crippen molar-refractivity contribution in [3.05, 3.63) is 42.2 Å². The first-order chi connectivity index (χ1) is 12.8. The number of piperidine rings is 1. The fourth-order valence-electron chi connectivity index (χ4n) is 3.27. The van der Waals surface area contributed by atoms with Gasteiger partial charge < -0.3 is 15.7 Å². The number of hydrogen-bond donors (Lipinski definition) is 3. The fourth-order valence-corrected chi connectivity index (χ4v) is 3.27. The van der Waals surface area contributed by atoms with Gasteiger partial charge in [0, 0.05) is 41.3 Å². The number of fused-ring (bicyclic) bond motifs is 1. The molecule has 3 N–H and O–H groups in total. The Bertz CT molecular complexity index is 991. The fraction of sp³-hybridized carbons (Fsp3) is 0.263. The molecule has 130 valence electrons. The van der Waals surface area contributed by atoms with Gasteiger partial charge in [0.15, 0.2) is 5.82 Å². The summed E-state index contributed by atoms with van der Waals surface area (Å²) in [5.41, 5.74) is 1.50.